The van der Waals surface area contributed by atoms with E-state index in [1.54, 1.807) is 14.1 Å². The number of amides is 3. The van der Waals surface area contributed by atoms with Gasteiger partial charge in [-0.2, -0.15) is 9.61 Å². The summed E-state index contributed by atoms with van der Waals surface area (Å²) in [5, 5.41) is 14.6. The van der Waals surface area contributed by atoms with E-state index in [0.717, 1.165) is 10.9 Å². The minimum absolute atomic E-state index is 0.0681. The molecule has 1 saturated heterocycles. The number of fused-ring (bicyclic) bond motifs is 1. The average molecular weight is 444 g/mol. The molecule has 3 N–H and O–H groups in total. The second kappa shape index (κ2) is 8.85. The van der Waals surface area contributed by atoms with Crippen LogP contribution in [0.25, 0.3) is 11.7 Å². The topological polar surface area (TPSA) is 143 Å². The molecule has 32 heavy (non-hydrogen) atoms. The number of aromatic hydroxyl groups is 1. The number of primary amides is 1. The normalized spacial score (nSPS) is 16.4. The van der Waals surface area contributed by atoms with Gasteiger partial charge in [0.05, 0.1) is 5.69 Å². The maximum atomic E-state index is 12.7. The Labute approximate surface area is 184 Å². The van der Waals surface area contributed by atoms with Gasteiger partial charge in [0.15, 0.2) is 5.56 Å². The molecule has 0 aliphatic carbocycles. The van der Waals surface area contributed by atoms with Crippen molar-refractivity contribution in [2.45, 2.75) is 39.3 Å². The number of aromatic nitrogens is 3. The summed E-state index contributed by atoms with van der Waals surface area (Å²) in [4.78, 5) is 52.5. The second-order valence-corrected chi connectivity index (χ2v) is 8.47. The van der Waals surface area contributed by atoms with Gasteiger partial charge in [-0.1, -0.05) is 13.8 Å². The summed E-state index contributed by atoms with van der Waals surface area (Å²) in [5.74, 6) is -2.10. The van der Waals surface area contributed by atoms with E-state index in [9.17, 15) is 24.3 Å². The number of nitrogens with two attached hydrogens (primary N) is 1. The van der Waals surface area contributed by atoms with Gasteiger partial charge in [-0.15, -0.1) is 0 Å². The van der Waals surface area contributed by atoms with Crippen LogP contribution in [-0.2, 0) is 16.1 Å². The molecule has 0 saturated carbocycles. The lowest BCUT2D eigenvalue weighted by Crippen LogP contribution is -2.44. The molecule has 1 aliphatic rings. The Morgan fingerprint density at radius 3 is 2.62 bits per heavy atom. The number of hydrogen-bond acceptors (Lipinski definition) is 6. The van der Waals surface area contributed by atoms with E-state index in [-0.39, 0.29) is 29.9 Å². The smallest absolute Gasteiger partial charge is 0.270 e. The first-order chi connectivity index (χ1) is 15.0. The molecule has 0 bridgehead atoms. The van der Waals surface area contributed by atoms with Crippen molar-refractivity contribution in [1.82, 2.24) is 24.0 Å². The number of rotatable bonds is 6. The van der Waals surface area contributed by atoms with Gasteiger partial charge in [0.1, 0.15) is 11.7 Å². The van der Waals surface area contributed by atoms with Gasteiger partial charge in [0.25, 0.3) is 11.5 Å². The van der Waals surface area contributed by atoms with Crippen molar-refractivity contribution in [2.24, 2.45) is 11.7 Å². The molecule has 2 aromatic rings. The van der Waals surface area contributed by atoms with Crippen molar-refractivity contribution in [3.05, 3.63) is 33.8 Å². The van der Waals surface area contributed by atoms with Crippen molar-refractivity contribution >= 4 is 29.4 Å². The molecule has 172 valence electrons. The van der Waals surface area contributed by atoms with E-state index in [1.165, 1.54) is 32.6 Å². The van der Waals surface area contributed by atoms with Crippen LogP contribution in [0.1, 0.15) is 42.7 Å². The summed E-state index contributed by atoms with van der Waals surface area (Å²) in [6.07, 6.45) is 4.10. The number of hydrogen-bond donors (Lipinski definition) is 2. The first-order valence-corrected chi connectivity index (χ1v) is 10.4. The SMILES string of the molecule is CC(C)Cn1c(=O)c(C(N)=O)c(O)n2nc(C=CC(=O)N3CCCC3C(=O)N(C)C)cc12. The van der Waals surface area contributed by atoms with Gasteiger partial charge in [0.2, 0.25) is 17.7 Å². The molecule has 0 spiro atoms. The van der Waals surface area contributed by atoms with Gasteiger partial charge in [-0.3, -0.25) is 23.7 Å². The minimum Gasteiger partial charge on any atom is -0.492 e. The van der Waals surface area contributed by atoms with Crippen LogP contribution in [0.2, 0.25) is 0 Å². The highest BCUT2D eigenvalue weighted by Gasteiger charge is 2.34. The third-order valence-electron chi connectivity index (χ3n) is 5.32. The molecule has 11 nitrogen and oxygen atoms in total. The van der Waals surface area contributed by atoms with Crippen molar-refractivity contribution < 1.29 is 19.5 Å². The van der Waals surface area contributed by atoms with E-state index >= 15 is 0 Å². The van der Waals surface area contributed by atoms with Crippen LogP contribution in [0.4, 0.5) is 0 Å². The number of likely N-dealkylation sites (tertiary alicyclic amines) is 1. The first-order valence-electron chi connectivity index (χ1n) is 10.4. The maximum Gasteiger partial charge on any atom is 0.270 e. The van der Waals surface area contributed by atoms with Crippen molar-refractivity contribution in [3.8, 4) is 5.88 Å². The van der Waals surface area contributed by atoms with Gasteiger partial charge < -0.3 is 20.6 Å². The van der Waals surface area contributed by atoms with Crippen LogP contribution in [-0.4, -0.2) is 73.5 Å². The van der Waals surface area contributed by atoms with Crippen LogP contribution in [0.5, 0.6) is 5.88 Å². The molecule has 1 unspecified atom stereocenters. The lowest BCUT2D eigenvalue weighted by molar-refractivity contribution is -0.139. The van der Waals surface area contributed by atoms with Crippen molar-refractivity contribution in [2.75, 3.05) is 20.6 Å². The molecule has 1 aliphatic heterocycles. The van der Waals surface area contributed by atoms with E-state index in [4.69, 9.17) is 5.73 Å². The van der Waals surface area contributed by atoms with Crippen LogP contribution < -0.4 is 11.3 Å². The molecule has 2 aromatic heterocycles. The highest BCUT2D eigenvalue weighted by atomic mass is 16.3. The van der Waals surface area contributed by atoms with E-state index in [1.807, 2.05) is 13.8 Å². The maximum absolute atomic E-state index is 12.7. The number of carbonyl (C=O) groups excluding carboxylic acids is 3. The predicted molar refractivity (Wildman–Crippen MR) is 117 cm³/mol. The highest BCUT2D eigenvalue weighted by Crippen LogP contribution is 2.21. The Balaban J connectivity index is 1.98. The Morgan fingerprint density at radius 1 is 1.34 bits per heavy atom. The Bertz CT molecular complexity index is 1160. The Morgan fingerprint density at radius 2 is 2.03 bits per heavy atom. The van der Waals surface area contributed by atoms with E-state index in [0.29, 0.717) is 18.7 Å². The fraction of sp³-hybridized carbons (Fsp3) is 0.476. The molecule has 0 aromatic carbocycles. The highest BCUT2D eigenvalue weighted by molar-refractivity contribution is 5.96. The predicted octanol–water partition coefficient (Wildman–Crippen LogP) is 0.0489. The van der Waals surface area contributed by atoms with Gasteiger partial charge in [-0.05, 0) is 24.8 Å². The summed E-state index contributed by atoms with van der Waals surface area (Å²) >= 11 is 0. The fourth-order valence-corrected chi connectivity index (χ4v) is 3.85. The second-order valence-electron chi connectivity index (χ2n) is 8.47. The third-order valence-corrected chi connectivity index (χ3v) is 5.32. The quantitative estimate of drug-likeness (QED) is 0.603. The van der Waals surface area contributed by atoms with E-state index < -0.39 is 29.0 Å². The summed E-state index contributed by atoms with van der Waals surface area (Å²) in [5.41, 5.74) is 4.60. The number of likely N-dealkylation sites (N-methyl/N-ethyl adjacent to an activating group) is 1. The number of carbonyl (C=O) groups is 3. The van der Waals surface area contributed by atoms with Crippen molar-refractivity contribution in [1.29, 1.82) is 0 Å². The van der Waals surface area contributed by atoms with Crippen LogP contribution in [0.3, 0.4) is 0 Å². The molecular weight excluding hydrogens is 416 g/mol. The first kappa shape index (κ1) is 23.0. The largest absolute Gasteiger partial charge is 0.492 e. The van der Waals surface area contributed by atoms with Gasteiger partial charge in [0, 0.05) is 39.3 Å². The molecule has 1 fully saturated rings. The monoisotopic (exact) mass is 444 g/mol. The molecule has 0 radical (unpaired) electrons. The summed E-state index contributed by atoms with van der Waals surface area (Å²) in [6, 6.07) is 1.03. The Kier molecular flexibility index (Phi) is 6.37. The van der Waals surface area contributed by atoms with Gasteiger partial charge >= 0.3 is 0 Å². The third kappa shape index (κ3) is 4.23. The molecular formula is C21H28N6O5. The molecule has 11 heteroatoms. The van der Waals surface area contributed by atoms with Crippen LogP contribution >= 0.6 is 0 Å². The average Bonchev–Trinajstić information content (AvgIpc) is 3.35. The summed E-state index contributed by atoms with van der Waals surface area (Å²) in [7, 11) is 3.30. The molecule has 1 atom stereocenters. The zero-order valence-corrected chi connectivity index (χ0v) is 18.6. The standard InChI is InChI=1S/C21H28N6O5/c1-12(2)11-26-15-10-13(23-27(15)21(32)17(18(22)29)20(26)31)7-8-16(28)25-9-5-6-14(25)19(30)24(3)4/h7-8,10,12,14,32H,5-6,9,11H2,1-4H3,(H2,22,29). The Hall–Kier alpha value is -3.63. The van der Waals surface area contributed by atoms with Crippen LogP contribution in [0, 0.1) is 5.92 Å². The summed E-state index contributed by atoms with van der Waals surface area (Å²) < 4.78 is 2.38. The molecule has 3 rings (SSSR count). The molecule has 3 amide bonds. The zero-order chi connectivity index (χ0) is 23.7. The van der Waals surface area contributed by atoms with Gasteiger partial charge in [-0.25, -0.2) is 0 Å². The lowest BCUT2D eigenvalue weighted by Gasteiger charge is -2.25. The lowest BCUT2D eigenvalue weighted by atomic mass is 10.2. The fourth-order valence-electron chi connectivity index (χ4n) is 3.85. The van der Waals surface area contributed by atoms with Crippen molar-refractivity contribution in [3.63, 3.8) is 0 Å². The zero-order valence-electron chi connectivity index (χ0n) is 18.6. The van der Waals surface area contributed by atoms with Crippen LogP contribution in [0.15, 0.2) is 16.9 Å². The van der Waals surface area contributed by atoms with E-state index in [2.05, 4.69) is 5.10 Å². The number of nitrogens with zero attached hydrogens (tertiary/aromatic N) is 5. The minimum atomic E-state index is -1.06. The summed E-state index contributed by atoms with van der Waals surface area (Å²) in [6.45, 7) is 4.56. The molecule has 3 heterocycles.